The minimum atomic E-state index is -0.264. The molecule has 0 bridgehead atoms. The van der Waals surface area contributed by atoms with Gasteiger partial charge in [-0.1, -0.05) is 0 Å². The van der Waals surface area contributed by atoms with Gasteiger partial charge in [0.25, 0.3) is 5.91 Å². The van der Waals surface area contributed by atoms with Crippen LogP contribution in [0.3, 0.4) is 0 Å². The number of nitrogens with zero attached hydrogens (tertiary/aromatic N) is 1. The van der Waals surface area contributed by atoms with E-state index < -0.39 is 0 Å². The number of aromatic amines is 1. The molecule has 2 amide bonds. The molecule has 0 aliphatic heterocycles. The van der Waals surface area contributed by atoms with E-state index in [9.17, 15) is 9.59 Å². The number of aromatic nitrogens is 2. The molecule has 1 aliphatic rings. The van der Waals surface area contributed by atoms with Crippen LogP contribution in [0.5, 0.6) is 0 Å². The van der Waals surface area contributed by atoms with E-state index in [2.05, 4.69) is 20.8 Å². The molecule has 92 valence electrons. The zero-order valence-electron chi connectivity index (χ0n) is 9.96. The Balaban J connectivity index is 1.86. The maximum Gasteiger partial charge on any atom is 0.255 e. The van der Waals surface area contributed by atoms with E-state index in [1.807, 2.05) is 0 Å². The van der Waals surface area contributed by atoms with E-state index in [1.165, 1.54) is 0 Å². The summed E-state index contributed by atoms with van der Waals surface area (Å²) < 4.78 is 0. The molecule has 0 atom stereocenters. The fourth-order valence-corrected chi connectivity index (χ4v) is 1.64. The largest absolute Gasteiger partial charge is 0.352 e. The van der Waals surface area contributed by atoms with Crippen molar-refractivity contribution < 1.29 is 9.59 Å². The van der Waals surface area contributed by atoms with Gasteiger partial charge in [0.15, 0.2) is 0 Å². The van der Waals surface area contributed by atoms with E-state index in [1.54, 1.807) is 13.8 Å². The van der Waals surface area contributed by atoms with Gasteiger partial charge in [-0.15, -0.1) is 0 Å². The minimum absolute atomic E-state index is 0.0133. The van der Waals surface area contributed by atoms with Gasteiger partial charge in [0.05, 0.1) is 17.8 Å². The molecule has 1 aromatic heterocycles. The highest BCUT2D eigenvalue weighted by Gasteiger charge is 2.23. The monoisotopic (exact) mass is 236 g/mol. The van der Waals surface area contributed by atoms with E-state index in [0.717, 1.165) is 12.8 Å². The quantitative estimate of drug-likeness (QED) is 0.689. The van der Waals surface area contributed by atoms with Gasteiger partial charge in [-0.2, -0.15) is 5.10 Å². The SMILES string of the molecule is Cc1n[nH]c(C)c1C(=O)NCC(=O)NC1CC1. The lowest BCUT2D eigenvalue weighted by Crippen LogP contribution is -2.38. The molecular formula is C11H16N4O2. The van der Waals surface area contributed by atoms with Crippen LogP contribution in [0.25, 0.3) is 0 Å². The molecule has 0 radical (unpaired) electrons. The molecule has 1 heterocycles. The Kier molecular flexibility index (Phi) is 3.12. The fourth-order valence-electron chi connectivity index (χ4n) is 1.64. The van der Waals surface area contributed by atoms with Crippen molar-refractivity contribution in [2.45, 2.75) is 32.7 Å². The van der Waals surface area contributed by atoms with Gasteiger partial charge in [0.2, 0.25) is 5.91 Å². The maximum atomic E-state index is 11.8. The van der Waals surface area contributed by atoms with Crippen molar-refractivity contribution in [2.75, 3.05) is 6.54 Å². The predicted octanol–water partition coefficient (Wildman–Crippen LogP) is 0.0349. The summed E-state index contributed by atoms with van der Waals surface area (Å²) in [5, 5.41) is 12.1. The molecule has 6 heteroatoms. The van der Waals surface area contributed by atoms with Gasteiger partial charge in [-0.25, -0.2) is 0 Å². The van der Waals surface area contributed by atoms with Gasteiger partial charge in [-0.3, -0.25) is 14.7 Å². The van der Waals surface area contributed by atoms with Crippen LogP contribution in [0.2, 0.25) is 0 Å². The Bertz CT molecular complexity index is 429. The summed E-state index contributed by atoms with van der Waals surface area (Å²) in [7, 11) is 0. The second-order valence-corrected chi connectivity index (χ2v) is 4.33. The Morgan fingerprint density at radius 3 is 2.65 bits per heavy atom. The van der Waals surface area contributed by atoms with Crippen LogP contribution in [-0.4, -0.2) is 34.6 Å². The molecule has 1 aromatic rings. The second kappa shape index (κ2) is 4.57. The Morgan fingerprint density at radius 2 is 2.12 bits per heavy atom. The number of H-pyrrole nitrogens is 1. The van der Waals surface area contributed by atoms with Gasteiger partial charge in [0, 0.05) is 11.7 Å². The molecular weight excluding hydrogens is 220 g/mol. The first kappa shape index (κ1) is 11.6. The normalized spacial score (nSPS) is 14.5. The first-order valence-electron chi connectivity index (χ1n) is 5.67. The third kappa shape index (κ3) is 2.83. The summed E-state index contributed by atoms with van der Waals surface area (Å²) in [4.78, 5) is 23.2. The first-order chi connectivity index (χ1) is 8.08. The van der Waals surface area contributed by atoms with Crippen LogP contribution in [0.15, 0.2) is 0 Å². The summed E-state index contributed by atoms with van der Waals surface area (Å²) in [6.07, 6.45) is 2.08. The topological polar surface area (TPSA) is 86.9 Å². The highest BCUT2D eigenvalue weighted by molar-refractivity contribution is 5.98. The summed E-state index contributed by atoms with van der Waals surface area (Å²) in [6, 6.07) is 0.316. The van der Waals surface area contributed by atoms with Gasteiger partial charge in [0.1, 0.15) is 0 Å². The predicted molar refractivity (Wildman–Crippen MR) is 61.6 cm³/mol. The summed E-state index contributed by atoms with van der Waals surface area (Å²) >= 11 is 0. The third-order valence-corrected chi connectivity index (χ3v) is 2.71. The molecule has 1 saturated carbocycles. The van der Waals surface area contributed by atoms with Crippen LogP contribution in [-0.2, 0) is 4.79 Å². The Hall–Kier alpha value is -1.85. The Morgan fingerprint density at radius 1 is 1.41 bits per heavy atom. The number of amides is 2. The third-order valence-electron chi connectivity index (χ3n) is 2.71. The van der Waals surface area contributed by atoms with Crippen LogP contribution in [0, 0.1) is 13.8 Å². The molecule has 0 unspecified atom stereocenters. The van der Waals surface area contributed by atoms with Crippen molar-refractivity contribution in [3.05, 3.63) is 17.0 Å². The molecule has 0 aromatic carbocycles. The lowest BCUT2D eigenvalue weighted by atomic mass is 10.2. The zero-order chi connectivity index (χ0) is 12.4. The van der Waals surface area contributed by atoms with E-state index in [0.29, 0.717) is 23.0 Å². The average Bonchev–Trinajstić information content (AvgIpc) is 3.01. The standard InChI is InChI=1S/C11H16N4O2/c1-6-10(7(2)15-14-6)11(17)12-5-9(16)13-8-3-4-8/h8H,3-5H2,1-2H3,(H,12,17)(H,13,16)(H,14,15). The lowest BCUT2D eigenvalue weighted by Gasteiger charge is -2.05. The van der Waals surface area contributed by atoms with E-state index in [-0.39, 0.29) is 18.4 Å². The molecule has 2 rings (SSSR count). The fraction of sp³-hybridized carbons (Fsp3) is 0.545. The van der Waals surface area contributed by atoms with Crippen molar-refractivity contribution in [3.63, 3.8) is 0 Å². The van der Waals surface area contributed by atoms with Gasteiger partial charge >= 0.3 is 0 Å². The second-order valence-electron chi connectivity index (χ2n) is 4.33. The van der Waals surface area contributed by atoms with Crippen LogP contribution in [0.1, 0.15) is 34.6 Å². The maximum absolute atomic E-state index is 11.8. The number of carbonyl (C=O) groups is 2. The highest BCUT2D eigenvalue weighted by atomic mass is 16.2. The summed E-state index contributed by atoms with van der Waals surface area (Å²) in [5.41, 5.74) is 1.87. The minimum Gasteiger partial charge on any atom is -0.352 e. The molecule has 1 aliphatic carbocycles. The molecule has 0 spiro atoms. The average molecular weight is 236 g/mol. The van der Waals surface area contributed by atoms with Crippen LogP contribution in [0.4, 0.5) is 0 Å². The van der Waals surface area contributed by atoms with E-state index >= 15 is 0 Å². The van der Waals surface area contributed by atoms with Crippen molar-refractivity contribution in [2.24, 2.45) is 0 Å². The van der Waals surface area contributed by atoms with Crippen molar-refractivity contribution in [1.29, 1.82) is 0 Å². The summed E-state index contributed by atoms with van der Waals surface area (Å²) in [6.45, 7) is 3.54. The molecule has 17 heavy (non-hydrogen) atoms. The molecule has 6 nitrogen and oxygen atoms in total. The van der Waals surface area contributed by atoms with Gasteiger partial charge in [-0.05, 0) is 26.7 Å². The molecule has 1 fully saturated rings. The summed E-state index contributed by atoms with van der Waals surface area (Å²) in [5.74, 6) is -0.403. The first-order valence-corrected chi connectivity index (χ1v) is 5.67. The Labute approximate surface area is 99.2 Å². The van der Waals surface area contributed by atoms with E-state index in [4.69, 9.17) is 0 Å². The number of rotatable bonds is 4. The number of aryl methyl sites for hydroxylation is 2. The zero-order valence-corrected chi connectivity index (χ0v) is 9.96. The number of nitrogens with one attached hydrogen (secondary N) is 3. The van der Waals surface area contributed by atoms with Crippen LogP contribution < -0.4 is 10.6 Å². The number of hydrogen-bond acceptors (Lipinski definition) is 3. The smallest absolute Gasteiger partial charge is 0.255 e. The number of hydrogen-bond donors (Lipinski definition) is 3. The van der Waals surface area contributed by atoms with Crippen molar-refractivity contribution in [1.82, 2.24) is 20.8 Å². The van der Waals surface area contributed by atoms with Gasteiger partial charge < -0.3 is 10.6 Å². The highest BCUT2D eigenvalue weighted by Crippen LogP contribution is 2.18. The van der Waals surface area contributed by atoms with Crippen molar-refractivity contribution >= 4 is 11.8 Å². The number of carbonyl (C=O) groups excluding carboxylic acids is 2. The van der Waals surface area contributed by atoms with Crippen LogP contribution >= 0.6 is 0 Å². The van der Waals surface area contributed by atoms with Crippen molar-refractivity contribution in [3.8, 4) is 0 Å². The lowest BCUT2D eigenvalue weighted by molar-refractivity contribution is -0.120. The molecule has 3 N–H and O–H groups in total. The molecule has 0 saturated heterocycles.